The highest BCUT2D eigenvalue weighted by molar-refractivity contribution is 5.27. The first-order valence-corrected chi connectivity index (χ1v) is 5.65. The zero-order valence-corrected chi connectivity index (χ0v) is 10.2. The molecule has 86 valence electrons. The first-order chi connectivity index (χ1) is 7.21. The summed E-state index contributed by atoms with van der Waals surface area (Å²) in [5, 5.41) is 3.11. The number of likely N-dealkylation sites (N-methyl/N-ethyl adjacent to an activating group) is 1. The van der Waals surface area contributed by atoms with E-state index in [1.54, 1.807) is 0 Å². The fourth-order valence-corrected chi connectivity index (χ4v) is 1.71. The molecule has 0 bridgehead atoms. The number of aryl methyl sites for hydroxylation is 1. The van der Waals surface area contributed by atoms with E-state index in [1.807, 2.05) is 14.0 Å². The van der Waals surface area contributed by atoms with Gasteiger partial charge in [-0.3, -0.25) is 0 Å². The third-order valence-corrected chi connectivity index (χ3v) is 2.67. The highest BCUT2D eigenvalue weighted by Crippen LogP contribution is 2.07. The molecule has 4 heteroatoms. The van der Waals surface area contributed by atoms with Gasteiger partial charge in [-0.1, -0.05) is 13.8 Å². The molecule has 0 saturated carbocycles. The zero-order valence-electron chi connectivity index (χ0n) is 10.2. The van der Waals surface area contributed by atoms with Crippen LogP contribution in [0.3, 0.4) is 0 Å². The van der Waals surface area contributed by atoms with Gasteiger partial charge in [-0.05, 0) is 20.0 Å². The van der Waals surface area contributed by atoms with Crippen molar-refractivity contribution in [1.82, 2.24) is 14.5 Å². The average Bonchev–Trinajstić information content (AvgIpc) is 2.60. The summed E-state index contributed by atoms with van der Waals surface area (Å²) in [5.74, 6) is 0.958. The van der Waals surface area contributed by atoms with Crippen LogP contribution < -0.4 is 5.32 Å². The quantitative estimate of drug-likeness (QED) is 0.774. The van der Waals surface area contributed by atoms with Crippen LogP contribution in [0.15, 0.2) is 6.20 Å². The summed E-state index contributed by atoms with van der Waals surface area (Å²) in [6.45, 7) is 10.7. The molecule has 0 radical (unpaired) electrons. The van der Waals surface area contributed by atoms with Gasteiger partial charge in [-0.25, -0.2) is 4.98 Å². The molecule has 4 nitrogen and oxygen atoms in total. The van der Waals surface area contributed by atoms with Crippen LogP contribution in [0.2, 0.25) is 0 Å². The third-order valence-electron chi connectivity index (χ3n) is 2.67. The van der Waals surface area contributed by atoms with E-state index < -0.39 is 0 Å². The zero-order chi connectivity index (χ0) is 11.3. The number of nitrogens with one attached hydrogen (secondary N) is 1. The summed E-state index contributed by atoms with van der Waals surface area (Å²) < 4.78 is 2.17. The summed E-state index contributed by atoms with van der Waals surface area (Å²) in [6, 6.07) is 0. The number of hydrogen-bond donors (Lipinski definition) is 1. The van der Waals surface area contributed by atoms with Gasteiger partial charge in [0.15, 0.2) is 0 Å². The Balaban J connectivity index is 2.55. The number of aromatic nitrogens is 2. The van der Waals surface area contributed by atoms with Gasteiger partial charge < -0.3 is 14.8 Å². The molecule has 0 aliphatic carbocycles. The molecular formula is C11H22N4. The molecule has 15 heavy (non-hydrogen) atoms. The van der Waals surface area contributed by atoms with E-state index in [9.17, 15) is 0 Å². The predicted molar refractivity (Wildman–Crippen MR) is 64.3 cm³/mol. The van der Waals surface area contributed by atoms with Crippen molar-refractivity contribution in [2.45, 2.75) is 27.3 Å². The molecule has 0 fully saturated rings. The number of anilines is 1. The molecule has 0 atom stereocenters. The summed E-state index contributed by atoms with van der Waals surface area (Å²) >= 11 is 0. The Bertz CT molecular complexity index is 289. The third kappa shape index (κ3) is 3.23. The van der Waals surface area contributed by atoms with Crippen LogP contribution in [0.4, 0.5) is 5.95 Å². The maximum absolute atomic E-state index is 4.39. The Morgan fingerprint density at radius 2 is 2.07 bits per heavy atom. The van der Waals surface area contributed by atoms with Crippen LogP contribution in [0.5, 0.6) is 0 Å². The van der Waals surface area contributed by atoms with E-state index in [4.69, 9.17) is 0 Å². The Hall–Kier alpha value is -1.03. The van der Waals surface area contributed by atoms with Crippen molar-refractivity contribution in [2.24, 2.45) is 0 Å². The molecule has 0 amide bonds. The van der Waals surface area contributed by atoms with Gasteiger partial charge in [0.2, 0.25) is 5.95 Å². The van der Waals surface area contributed by atoms with Gasteiger partial charge >= 0.3 is 0 Å². The normalized spacial score (nSPS) is 11.0. The fourth-order valence-electron chi connectivity index (χ4n) is 1.71. The minimum atomic E-state index is 0.958. The lowest BCUT2D eigenvalue weighted by molar-refractivity contribution is 0.291. The van der Waals surface area contributed by atoms with Crippen molar-refractivity contribution in [1.29, 1.82) is 0 Å². The van der Waals surface area contributed by atoms with E-state index in [2.05, 4.69) is 39.8 Å². The molecule has 1 heterocycles. The van der Waals surface area contributed by atoms with Crippen LogP contribution in [0.1, 0.15) is 19.5 Å². The second-order valence-corrected chi connectivity index (χ2v) is 3.68. The average molecular weight is 210 g/mol. The SMILES string of the molecule is CCN(CC)CCn1cc(C)nc1NC. The minimum absolute atomic E-state index is 0.958. The summed E-state index contributed by atoms with van der Waals surface area (Å²) in [7, 11) is 1.91. The molecule has 0 spiro atoms. The Kier molecular flexibility index (Phi) is 4.62. The lowest BCUT2D eigenvalue weighted by Gasteiger charge is -2.18. The van der Waals surface area contributed by atoms with Crippen LogP contribution >= 0.6 is 0 Å². The highest BCUT2D eigenvalue weighted by Gasteiger charge is 2.04. The molecule has 0 aromatic carbocycles. The fraction of sp³-hybridized carbons (Fsp3) is 0.727. The molecule has 0 saturated heterocycles. The number of rotatable bonds is 6. The first kappa shape index (κ1) is 12.0. The second-order valence-electron chi connectivity index (χ2n) is 3.68. The van der Waals surface area contributed by atoms with Crippen LogP contribution in [-0.2, 0) is 6.54 Å². The van der Waals surface area contributed by atoms with Crippen molar-refractivity contribution < 1.29 is 0 Å². The summed E-state index contributed by atoms with van der Waals surface area (Å²) in [4.78, 5) is 6.80. The minimum Gasteiger partial charge on any atom is -0.359 e. The maximum atomic E-state index is 4.39. The molecule has 1 aromatic rings. The largest absolute Gasteiger partial charge is 0.359 e. The van der Waals surface area contributed by atoms with E-state index >= 15 is 0 Å². The van der Waals surface area contributed by atoms with E-state index in [0.29, 0.717) is 0 Å². The molecular weight excluding hydrogens is 188 g/mol. The van der Waals surface area contributed by atoms with E-state index in [-0.39, 0.29) is 0 Å². The smallest absolute Gasteiger partial charge is 0.202 e. The van der Waals surface area contributed by atoms with Gasteiger partial charge in [0.1, 0.15) is 0 Å². The first-order valence-electron chi connectivity index (χ1n) is 5.65. The molecule has 0 aliphatic rings. The molecule has 0 unspecified atom stereocenters. The number of imidazole rings is 1. The second kappa shape index (κ2) is 5.75. The van der Waals surface area contributed by atoms with Crippen LogP contribution in [0.25, 0.3) is 0 Å². The highest BCUT2D eigenvalue weighted by atomic mass is 15.2. The maximum Gasteiger partial charge on any atom is 0.202 e. The van der Waals surface area contributed by atoms with Crippen molar-refractivity contribution in [2.75, 3.05) is 32.0 Å². The van der Waals surface area contributed by atoms with Gasteiger partial charge in [-0.15, -0.1) is 0 Å². The molecule has 1 aromatic heterocycles. The van der Waals surface area contributed by atoms with Gasteiger partial charge in [0.05, 0.1) is 5.69 Å². The van der Waals surface area contributed by atoms with Gasteiger partial charge in [0.25, 0.3) is 0 Å². The lowest BCUT2D eigenvalue weighted by Crippen LogP contribution is -2.27. The Morgan fingerprint density at radius 1 is 1.40 bits per heavy atom. The molecule has 1 rings (SSSR count). The van der Waals surface area contributed by atoms with Crippen molar-refractivity contribution >= 4 is 5.95 Å². The van der Waals surface area contributed by atoms with Gasteiger partial charge in [0, 0.05) is 26.3 Å². The Labute approximate surface area is 92.3 Å². The topological polar surface area (TPSA) is 33.1 Å². The van der Waals surface area contributed by atoms with Crippen molar-refractivity contribution in [3.8, 4) is 0 Å². The van der Waals surface area contributed by atoms with E-state index in [0.717, 1.165) is 37.8 Å². The summed E-state index contributed by atoms with van der Waals surface area (Å²) in [5.41, 5.74) is 1.07. The predicted octanol–water partition coefficient (Wildman–Crippen LogP) is 1.58. The van der Waals surface area contributed by atoms with Crippen molar-refractivity contribution in [3.63, 3.8) is 0 Å². The lowest BCUT2D eigenvalue weighted by atomic mass is 10.4. The standard InChI is InChI=1S/C11H22N4/c1-5-14(6-2)7-8-15-9-10(3)13-11(15)12-4/h9H,5-8H2,1-4H3,(H,12,13). The van der Waals surface area contributed by atoms with Crippen LogP contribution in [-0.4, -0.2) is 41.1 Å². The van der Waals surface area contributed by atoms with E-state index in [1.165, 1.54) is 0 Å². The monoisotopic (exact) mass is 210 g/mol. The van der Waals surface area contributed by atoms with Crippen molar-refractivity contribution in [3.05, 3.63) is 11.9 Å². The number of nitrogens with zero attached hydrogens (tertiary/aromatic N) is 3. The summed E-state index contributed by atoms with van der Waals surface area (Å²) in [6.07, 6.45) is 2.09. The molecule has 1 N–H and O–H groups in total. The number of hydrogen-bond acceptors (Lipinski definition) is 3. The van der Waals surface area contributed by atoms with Gasteiger partial charge in [-0.2, -0.15) is 0 Å². The molecule has 0 aliphatic heterocycles. The Morgan fingerprint density at radius 3 is 2.60 bits per heavy atom. The van der Waals surface area contributed by atoms with Crippen LogP contribution in [0, 0.1) is 6.92 Å².